The van der Waals surface area contributed by atoms with E-state index in [4.69, 9.17) is 37.0 Å². The van der Waals surface area contributed by atoms with E-state index in [1.807, 2.05) is 0 Å². The van der Waals surface area contributed by atoms with Gasteiger partial charge in [-0.3, -0.25) is 37.3 Å². The molecule has 89 heavy (non-hydrogen) atoms. The van der Waals surface area contributed by atoms with E-state index in [0.29, 0.717) is 31.6 Å². The lowest BCUT2D eigenvalue weighted by molar-refractivity contribution is -0.161. The van der Waals surface area contributed by atoms with E-state index >= 15 is 0 Å². The minimum absolute atomic E-state index is 0.105. The summed E-state index contributed by atoms with van der Waals surface area (Å²) in [4.78, 5) is 72.5. The molecule has 0 aliphatic carbocycles. The smallest absolute Gasteiger partial charge is 0.462 e. The summed E-state index contributed by atoms with van der Waals surface area (Å²) in [6.07, 6.45) is 41.7. The first-order chi connectivity index (χ1) is 42.6. The molecule has 0 fully saturated rings. The molecule has 3 N–H and O–H groups in total. The monoisotopic (exact) mass is 1310 g/mol. The number of carbonyl (C=O) groups is 4. The number of unbranched alkanes of at least 4 members (excludes halogenated alkanes) is 32. The van der Waals surface area contributed by atoms with Crippen LogP contribution in [0, 0.1) is 23.7 Å². The van der Waals surface area contributed by atoms with E-state index in [1.54, 1.807) is 0 Å². The molecule has 0 amide bonds. The molecule has 0 bridgehead atoms. The van der Waals surface area contributed by atoms with Crippen LogP contribution < -0.4 is 0 Å². The molecule has 0 aromatic rings. The standard InChI is InChI=1S/C70H136O17P2/c1-9-63(8)49-41-33-28-29-35-43-51-68(73)81-57-66(87-69(74)52-44-36-25-19-15-11-10-13-17-22-30-38-46-60(2)3)59-85-89(78,79)83-55-64(71)54-82-88(76,77)84-58-65(56-80-67(72)50-42-34-27-21-24-32-40-48-62(6)7)86-70(75)53-45-37-26-20-16-12-14-18-23-31-39-47-61(4)5/h60-66,71H,9-59H2,1-8H3,(H,76,77)(H,78,79)/t63?,64?,65-,66-/m1/s1. The van der Waals surface area contributed by atoms with Crippen LogP contribution in [0.3, 0.4) is 0 Å². The quantitative estimate of drug-likeness (QED) is 0.0222. The summed E-state index contributed by atoms with van der Waals surface area (Å²) in [5.41, 5.74) is 0. The van der Waals surface area contributed by atoms with Crippen LogP contribution in [0.5, 0.6) is 0 Å². The van der Waals surface area contributed by atoms with Gasteiger partial charge in [0.2, 0.25) is 0 Å². The summed E-state index contributed by atoms with van der Waals surface area (Å²) in [5, 5.41) is 10.6. The topological polar surface area (TPSA) is 237 Å². The Morgan fingerprint density at radius 1 is 0.315 bits per heavy atom. The van der Waals surface area contributed by atoms with Crippen molar-refractivity contribution in [3.8, 4) is 0 Å². The Hall–Kier alpha value is -1.94. The Morgan fingerprint density at radius 3 is 0.798 bits per heavy atom. The number of hydrogen-bond acceptors (Lipinski definition) is 15. The van der Waals surface area contributed by atoms with E-state index < -0.39 is 97.5 Å². The number of phosphoric ester groups is 2. The zero-order chi connectivity index (χ0) is 66.1. The molecule has 0 aliphatic heterocycles. The summed E-state index contributed by atoms with van der Waals surface area (Å²) in [6, 6.07) is 0. The number of carbonyl (C=O) groups excluding carboxylic acids is 4. The number of hydrogen-bond donors (Lipinski definition) is 3. The van der Waals surface area contributed by atoms with Gasteiger partial charge < -0.3 is 33.8 Å². The second kappa shape index (κ2) is 59.8. The zero-order valence-corrected chi connectivity index (χ0v) is 59.8. The number of rotatable bonds is 67. The van der Waals surface area contributed by atoms with Crippen LogP contribution in [0.15, 0.2) is 0 Å². The highest BCUT2D eigenvalue weighted by molar-refractivity contribution is 7.47. The van der Waals surface area contributed by atoms with Gasteiger partial charge in [-0.15, -0.1) is 0 Å². The maximum absolute atomic E-state index is 13.0. The van der Waals surface area contributed by atoms with Gasteiger partial charge in [-0.25, -0.2) is 9.13 Å². The Labute approximate surface area is 543 Å². The maximum Gasteiger partial charge on any atom is 0.472 e. The van der Waals surface area contributed by atoms with Gasteiger partial charge >= 0.3 is 39.5 Å². The van der Waals surface area contributed by atoms with Crippen LogP contribution in [-0.2, 0) is 65.4 Å². The second-order valence-electron chi connectivity index (χ2n) is 26.9. The summed E-state index contributed by atoms with van der Waals surface area (Å²) in [7, 11) is -9.90. The van der Waals surface area contributed by atoms with Gasteiger partial charge in [-0.05, 0) is 49.4 Å². The zero-order valence-electron chi connectivity index (χ0n) is 58.1. The lowest BCUT2D eigenvalue weighted by atomic mass is 10.00. The molecule has 528 valence electrons. The fourth-order valence-electron chi connectivity index (χ4n) is 10.5. The summed E-state index contributed by atoms with van der Waals surface area (Å²) >= 11 is 0. The average molecular weight is 1310 g/mol. The molecule has 0 spiro atoms. The largest absolute Gasteiger partial charge is 0.472 e. The van der Waals surface area contributed by atoms with Crippen molar-refractivity contribution in [1.82, 2.24) is 0 Å². The molecule has 0 aromatic heterocycles. The van der Waals surface area contributed by atoms with Crippen LogP contribution in [-0.4, -0.2) is 96.7 Å². The number of aliphatic hydroxyl groups is 1. The molecule has 0 radical (unpaired) electrons. The predicted octanol–water partition coefficient (Wildman–Crippen LogP) is 19.7. The fourth-order valence-corrected chi connectivity index (χ4v) is 12.0. The highest BCUT2D eigenvalue weighted by Crippen LogP contribution is 2.45. The van der Waals surface area contributed by atoms with Crippen molar-refractivity contribution in [1.29, 1.82) is 0 Å². The maximum atomic E-state index is 13.0. The summed E-state index contributed by atoms with van der Waals surface area (Å²) < 4.78 is 68.3. The Morgan fingerprint density at radius 2 is 0.539 bits per heavy atom. The van der Waals surface area contributed by atoms with Crippen LogP contribution in [0.25, 0.3) is 0 Å². The molecule has 0 aliphatic rings. The minimum atomic E-state index is -4.95. The Balaban J connectivity index is 5.25. The normalized spacial score (nSPS) is 14.6. The van der Waals surface area contributed by atoms with Gasteiger partial charge in [0.25, 0.3) is 0 Å². The highest BCUT2D eigenvalue weighted by atomic mass is 31.2. The Bertz CT molecular complexity index is 1770. The van der Waals surface area contributed by atoms with Gasteiger partial charge in [0.1, 0.15) is 19.3 Å². The number of esters is 4. The van der Waals surface area contributed by atoms with E-state index in [9.17, 15) is 43.2 Å². The van der Waals surface area contributed by atoms with Crippen molar-refractivity contribution in [2.75, 3.05) is 39.6 Å². The second-order valence-corrected chi connectivity index (χ2v) is 29.8. The molecule has 17 nitrogen and oxygen atoms in total. The van der Waals surface area contributed by atoms with E-state index in [2.05, 4.69) is 55.4 Å². The first-order valence-electron chi connectivity index (χ1n) is 36.2. The molecule has 0 aromatic carbocycles. The Kier molecular flexibility index (Phi) is 58.5. The fraction of sp³-hybridized carbons (Fsp3) is 0.943. The van der Waals surface area contributed by atoms with E-state index in [-0.39, 0.29) is 25.7 Å². The van der Waals surface area contributed by atoms with Crippen LogP contribution in [0.4, 0.5) is 0 Å². The average Bonchev–Trinajstić information content (AvgIpc) is 3.70. The molecule has 6 atom stereocenters. The molecular formula is C70H136O17P2. The van der Waals surface area contributed by atoms with Gasteiger partial charge in [-0.1, -0.05) is 293 Å². The van der Waals surface area contributed by atoms with Crippen molar-refractivity contribution < 1.29 is 80.2 Å². The van der Waals surface area contributed by atoms with E-state index in [1.165, 1.54) is 135 Å². The third-order valence-electron chi connectivity index (χ3n) is 16.4. The molecule has 0 heterocycles. The number of phosphoric acid groups is 2. The molecule has 4 unspecified atom stereocenters. The first-order valence-corrected chi connectivity index (χ1v) is 39.2. The molecule has 0 rings (SSSR count). The predicted molar refractivity (Wildman–Crippen MR) is 358 cm³/mol. The van der Waals surface area contributed by atoms with Gasteiger partial charge in [0.05, 0.1) is 26.4 Å². The van der Waals surface area contributed by atoms with Gasteiger partial charge in [0.15, 0.2) is 12.2 Å². The van der Waals surface area contributed by atoms with Crippen molar-refractivity contribution >= 4 is 39.5 Å². The number of ether oxygens (including phenoxy) is 4. The van der Waals surface area contributed by atoms with Gasteiger partial charge in [0, 0.05) is 25.7 Å². The first kappa shape index (κ1) is 87.1. The lowest BCUT2D eigenvalue weighted by Crippen LogP contribution is -2.30. The molecular weight excluding hydrogens is 1170 g/mol. The van der Waals surface area contributed by atoms with E-state index in [0.717, 1.165) is 120 Å². The lowest BCUT2D eigenvalue weighted by Gasteiger charge is -2.21. The van der Waals surface area contributed by atoms with Crippen LogP contribution in [0.1, 0.15) is 344 Å². The minimum Gasteiger partial charge on any atom is -0.462 e. The van der Waals surface area contributed by atoms with Crippen molar-refractivity contribution in [3.05, 3.63) is 0 Å². The van der Waals surface area contributed by atoms with Gasteiger partial charge in [-0.2, -0.15) is 0 Å². The van der Waals surface area contributed by atoms with Crippen molar-refractivity contribution in [2.45, 2.75) is 363 Å². The van der Waals surface area contributed by atoms with Crippen LogP contribution in [0.2, 0.25) is 0 Å². The summed E-state index contributed by atoms with van der Waals surface area (Å²) in [5.74, 6) is 0.847. The van der Waals surface area contributed by atoms with Crippen LogP contribution >= 0.6 is 15.6 Å². The summed E-state index contributed by atoms with van der Waals surface area (Å²) in [6.45, 7) is 14.1. The number of aliphatic hydroxyl groups excluding tert-OH is 1. The molecule has 0 saturated heterocycles. The van der Waals surface area contributed by atoms with Crippen molar-refractivity contribution in [2.24, 2.45) is 23.7 Å². The SMILES string of the molecule is CCC(C)CCCCCCCCC(=O)OC[C@H](COP(=O)(O)OCC(O)COP(=O)(O)OC[C@@H](COC(=O)CCCCCCCCCC(C)C)OC(=O)CCCCCCCCCCCCCC(C)C)OC(=O)CCCCCCCCCCCCCCC(C)C. The third-order valence-corrected chi connectivity index (χ3v) is 18.3. The van der Waals surface area contributed by atoms with Crippen molar-refractivity contribution in [3.63, 3.8) is 0 Å². The molecule has 19 heteroatoms. The highest BCUT2D eigenvalue weighted by Gasteiger charge is 2.30. The molecule has 0 saturated carbocycles. The third kappa shape index (κ3) is 63.2.